The van der Waals surface area contributed by atoms with Gasteiger partial charge in [-0.15, -0.1) is 0 Å². The second kappa shape index (κ2) is 8.56. The van der Waals surface area contributed by atoms with Crippen LogP contribution in [-0.2, 0) is 22.7 Å². The Morgan fingerprint density at radius 1 is 1.05 bits per heavy atom. The molecule has 0 saturated heterocycles. The topological polar surface area (TPSA) is 3.24 Å². The van der Waals surface area contributed by atoms with Crippen molar-refractivity contribution >= 4 is 5.92 Å². The van der Waals surface area contributed by atoms with Crippen molar-refractivity contribution in [1.29, 1.82) is 0 Å². The van der Waals surface area contributed by atoms with Crippen LogP contribution in [0.15, 0.2) is 23.4 Å². The van der Waals surface area contributed by atoms with Crippen LogP contribution in [0.2, 0.25) is 13.1 Å². The van der Waals surface area contributed by atoms with Crippen LogP contribution in [0.1, 0.15) is 48.0 Å². The van der Waals surface area contributed by atoms with Crippen molar-refractivity contribution in [2.45, 2.75) is 66.6 Å². The Hall–Kier alpha value is 0.960. The van der Waals surface area contributed by atoms with Gasteiger partial charge in [-0.2, -0.15) is 0 Å². The smallest absolute Gasteiger partial charge is 1.00 e. The van der Waals surface area contributed by atoms with Gasteiger partial charge in [0.15, 0.2) is 0 Å². The van der Waals surface area contributed by atoms with E-state index in [4.69, 9.17) is 0 Å². The second-order valence-electron chi connectivity index (χ2n) is 7.37. The Morgan fingerprint density at radius 2 is 1.55 bits per heavy atom. The zero-order valence-corrected chi connectivity index (χ0v) is 19.0. The van der Waals surface area contributed by atoms with E-state index in [1.807, 2.05) is 0 Å². The monoisotopic (exact) mass is 410 g/mol. The van der Waals surface area contributed by atoms with Crippen LogP contribution in [0.4, 0.5) is 0 Å². The second-order valence-corrected chi connectivity index (χ2v) is 19.7. The fourth-order valence-electron chi connectivity index (χ4n) is 2.08. The van der Waals surface area contributed by atoms with Gasteiger partial charge in [-0.25, -0.2) is 0 Å². The molecule has 115 valence electrons. The Morgan fingerprint density at radius 3 is 1.85 bits per heavy atom. The van der Waals surface area contributed by atoms with Crippen LogP contribution < -0.4 is 24.8 Å². The third-order valence-electron chi connectivity index (χ3n) is 3.01. The van der Waals surface area contributed by atoms with Crippen molar-refractivity contribution in [3.63, 3.8) is 0 Å². The van der Waals surface area contributed by atoms with Gasteiger partial charge in [0.05, 0.1) is 0 Å². The average Bonchev–Trinajstić information content (AvgIpc) is 2.59. The minimum atomic E-state index is -0.408. The van der Waals surface area contributed by atoms with Gasteiger partial charge in [0.25, 0.3) is 0 Å². The van der Waals surface area contributed by atoms with Crippen molar-refractivity contribution < 1.29 is 47.5 Å². The summed E-state index contributed by atoms with van der Waals surface area (Å²) in [5, 5.41) is 0. The number of hydrogen-bond donors (Lipinski definition) is 0. The molecule has 20 heavy (non-hydrogen) atoms. The molecular formula is C15H28Cl2NSiZr. The van der Waals surface area contributed by atoms with Crippen molar-refractivity contribution in [3.8, 4) is 0 Å². The number of halogens is 2. The minimum Gasteiger partial charge on any atom is -1.00 e. The Labute approximate surface area is 151 Å². The van der Waals surface area contributed by atoms with Crippen molar-refractivity contribution in [1.82, 2.24) is 2.84 Å². The van der Waals surface area contributed by atoms with Crippen LogP contribution in [0.5, 0.6) is 0 Å². The average molecular weight is 413 g/mol. The molecule has 0 amide bonds. The Bertz CT molecular complexity index is 365. The molecule has 1 rings (SSSR count). The molecule has 0 fully saturated rings. The van der Waals surface area contributed by atoms with E-state index in [9.17, 15) is 0 Å². The number of allylic oxidation sites excluding steroid dienone is 3. The van der Waals surface area contributed by atoms with E-state index in [2.05, 4.69) is 69.6 Å². The van der Waals surface area contributed by atoms with E-state index in [-0.39, 0.29) is 30.7 Å². The molecule has 0 saturated carbocycles. The van der Waals surface area contributed by atoms with Crippen molar-refractivity contribution in [2.75, 3.05) is 0 Å². The van der Waals surface area contributed by atoms with Gasteiger partial charge in [0, 0.05) is 0 Å². The van der Waals surface area contributed by atoms with Gasteiger partial charge in [0.1, 0.15) is 0 Å². The van der Waals surface area contributed by atoms with E-state index >= 15 is 0 Å². The van der Waals surface area contributed by atoms with Crippen LogP contribution in [0, 0.1) is 5.41 Å². The number of hydrogen-bond acceptors (Lipinski definition) is 1. The quantitative estimate of drug-likeness (QED) is 0.516. The zero-order chi connectivity index (χ0) is 14.1. The maximum atomic E-state index is 2.79. The van der Waals surface area contributed by atoms with E-state index in [1.54, 1.807) is 5.70 Å². The zero-order valence-electron chi connectivity index (χ0n) is 14.1. The summed E-state index contributed by atoms with van der Waals surface area (Å²) in [5.41, 5.74) is 3.71. The van der Waals surface area contributed by atoms with Crippen molar-refractivity contribution in [3.05, 3.63) is 23.4 Å². The third kappa shape index (κ3) is 6.81. The number of rotatable bonds is 3. The number of nitrogens with zero attached hydrogens (tertiary/aromatic N) is 1. The molecule has 1 radical (unpaired) electrons. The summed E-state index contributed by atoms with van der Waals surface area (Å²) in [4.78, 5) is 0. The summed E-state index contributed by atoms with van der Waals surface area (Å²) in [6, 6.07) is 0. The van der Waals surface area contributed by atoms with E-state index < -0.39 is 22.7 Å². The molecule has 0 aromatic heterocycles. The molecule has 0 N–H and O–H groups in total. The van der Waals surface area contributed by atoms with E-state index in [0.29, 0.717) is 11.0 Å². The van der Waals surface area contributed by atoms with E-state index in [0.717, 1.165) is 6.42 Å². The molecule has 0 aromatic rings. The first-order chi connectivity index (χ1) is 8.01. The maximum Gasteiger partial charge on any atom is -1.00 e. The van der Waals surface area contributed by atoms with Crippen molar-refractivity contribution in [2.24, 2.45) is 5.41 Å². The maximum absolute atomic E-state index is 2.79. The molecule has 0 aliphatic heterocycles. The minimum absolute atomic E-state index is 0. The van der Waals surface area contributed by atoms with Gasteiger partial charge in [-0.3, -0.25) is 0 Å². The largest absolute Gasteiger partial charge is 1.00 e. The summed E-state index contributed by atoms with van der Waals surface area (Å²) in [6.45, 7) is 19.0. The van der Waals surface area contributed by atoms with Crippen LogP contribution >= 0.6 is 0 Å². The summed E-state index contributed by atoms with van der Waals surface area (Å²) in [5.74, 6) is -0.0727. The summed E-state index contributed by atoms with van der Waals surface area (Å²) in [7, 11) is 0. The summed E-state index contributed by atoms with van der Waals surface area (Å²) >= 11 is -0.408. The molecule has 0 unspecified atom stereocenters. The molecular weight excluding hydrogens is 384 g/mol. The molecule has 1 aliphatic carbocycles. The van der Waals surface area contributed by atoms with Gasteiger partial charge in [-0.05, 0) is 0 Å². The van der Waals surface area contributed by atoms with Gasteiger partial charge in [-0.1, -0.05) is 0 Å². The molecule has 0 atom stereocenters. The molecule has 0 spiro atoms. The third-order valence-corrected chi connectivity index (χ3v) is 11.0. The Balaban J connectivity index is 0. The summed E-state index contributed by atoms with van der Waals surface area (Å²) < 4.78 is 2.79. The first-order valence-electron chi connectivity index (χ1n) is 6.80. The predicted molar refractivity (Wildman–Crippen MR) is 79.3 cm³/mol. The predicted octanol–water partition coefficient (Wildman–Crippen LogP) is -1.40. The van der Waals surface area contributed by atoms with Gasteiger partial charge < -0.3 is 24.8 Å². The molecule has 1 aliphatic rings. The fraction of sp³-hybridized carbons (Fsp3) is 0.733. The normalized spacial score (nSPS) is 14.8. The first kappa shape index (κ1) is 23.2. The van der Waals surface area contributed by atoms with Crippen LogP contribution in [-0.4, -0.2) is 14.3 Å². The molecule has 0 aromatic carbocycles. The molecule has 5 heteroatoms. The van der Waals surface area contributed by atoms with Gasteiger partial charge in [0.2, 0.25) is 0 Å². The molecule has 1 nitrogen and oxygen atoms in total. The fourth-order valence-corrected chi connectivity index (χ4v) is 10.2. The van der Waals surface area contributed by atoms with E-state index in [1.165, 1.54) is 5.57 Å². The SMILES string of the molecule is C[Si](C)[Zr+2][N](C1=CC(C(C)(C)C)=CC1)C(C)(C)C.[Cl-].[Cl-]. The molecule has 0 bridgehead atoms. The van der Waals surface area contributed by atoms with Crippen LogP contribution in [0.25, 0.3) is 0 Å². The standard InChI is InChI=1S/C13H22N.C2H6Si.2ClH.Zr/c1-12(2,3)10-7-8-11(9-10)14-13(4,5)6;1-3-2;;;/h7,9H,8H2,1-6H3;1-2H3;2*1H;/q-1;;;;+3/p-2. The Kier molecular flexibility index (Phi) is 9.94. The van der Waals surface area contributed by atoms with Crippen LogP contribution in [0.3, 0.4) is 0 Å². The summed E-state index contributed by atoms with van der Waals surface area (Å²) in [6.07, 6.45) is 6.06. The first-order valence-corrected chi connectivity index (χ1v) is 14.1. The molecule has 0 heterocycles. The van der Waals surface area contributed by atoms with Gasteiger partial charge >= 0.3 is 127 Å².